The second kappa shape index (κ2) is 6.28. The summed E-state index contributed by atoms with van der Waals surface area (Å²) in [7, 11) is 0. The van der Waals surface area contributed by atoms with E-state index in [-0.39, 0.29) is 23.6 Å². The van der Waals surface area contributed by atoms with Crippen molar-refractivity contribution in [1.29, 1.82) is 0 Å². The molecule has 0 bridgehead atoms. The Morgan fingerprint density at radius 3 is 2.57 bits per heavy atom. The Hall–Kier alpha value is -1.85. The fourth-order valence-electron chi connectivity index (χ4n) is 3.21. The van der Waals surface area contributed by atoms with Gasteiger partial charge in [-0.3, -0.25) is 9.59 Å². The van der Waals surface area contributed by atoms with Gasteiger partial charge in [0.2, 0.25) is 0 Å². The van der Waals surface area contributed by atoms with E-state index in [0.717, 1.165) is 51.6 Å². The highest BCUT2D eigenvalue weighted by atomic mass is 16.2. The van der Waals surface area contributed by atoms with E-state index in [1.54, 1.807) is 4.90 Å². The summed E-state index contributed by atoms with van der Waals surface area (Å²) in [5.41, 5.74) is 0.558. The van der Waals surface area contributed by atoms with Crippen molar-refractivity contribution in [2.45, 2.75) is 51.0 Å². The van der Waals surface area contributed by atoms with E-state index < -0.39 is 0 Å². The van der Waals surface area contributed by atoms with Crippen molar-refractivity contribution in [3.8, 4) is 0 Å². The quantitative estimate of drug-likeness (QED) is 0.889. The lowest BCUT2D eigenvalue weighted by Gasteiger charge is -2.22. The number of amides is 2. The average Bonchev–Trinajstić information content (AvgIpc) is 3.19. The summed E-state index contributed by atoms with van der Waals surface area (Å²) in [6, 6.07) is 0.220. The molecule has 3 rings (SSSR count). The van der Waals surface area contributed by atoms with E-state index in [9.17, 15) is 9.59 Å². The molecule has 0 aromatic carbocycles. The highest BCUT2D eigenvalue weighted by Gasteiger charge is 2.27. The molecular weight excluding hydrogens is 268 g/mol. The van der Waals surface area contributed by atoms with Gasteiger partial charge in [-0.05, 0) is 25.7 Å². The van der Waals surface area contributed by atoms with E-state index in [2.05, 4.69) is 15.3 Å². The van der Waals surface area contributed by atoms with Crippen LogP contribution < -0.4 is 5.32 Å². The number of aromatic amines is 1. The van der Waals surface area contributed by atoms with Crippen molar-refractivity contribution in [2.75, 3.05) is 13.1 Å². The van der Waals surface area contributed by atoms with Crippen LogP contribution in [0.3, 0.4) is 0 Å². The molecule has 1 aliphatic carbocycles. The largest absolute Gasteiger partial charge is 0.348 e. The zero-order valence-corrected chi connectivity index (χ0v) is 12.2. The molecule has 2 fully saturated rings. The average molecular weight is 290 g/mol. The molecule has 0 radical (unpaired) electrons. The number of carbonyl (C=O) groups is 2. The van der Waals surface area contributed by atoms with Crippen LogP contribution in [-0.2, 0) is 0 Å². The maximum Gasteiger partial charge on any atom is 0.272 e. The predicted octanol–water partition coefficient (Wildman–Crippen LogP) is 1.71. The van der Waals surface area contributed by atoms with Crippen LogP contribution in [0.4, 0.5) is 0 Å². The lowest BCUT2D eigenvalue weighted by molar-refractivity contribution is 0.0778. The number of hydrogen-bond acceptors (Lipinski definition) is 3. The first-order chi connectivity index (χ1) is 10.3. The number of imidazole rings is 1. The molecule has 114 valence electrons. The van der Waals surface area contributed by atoms with Gasteiger partial charge in [-0.25, -0.2) is 4.98 Å². The molecule has 2 aliphatic rings. The fraction of sp³-hybridized carbons (Fsp3) is 0.667. The Morgan fingerprint density at radius 2 is 1.86 bits per heavy atom. The van der Waals surface area contributed by atoms with Gasteiger partial charge in [0.15, 0.2) is 5.69 Å². The molecule has 1 aromatic heterocycles. The summed E-state index contributed by atoms with van der Waals surface area (Å²) in [5, 5.41) is 3.01. The number of likely N-dealkylation sites (tertiary alicyclic amines) is 1. The van der Waals surface area contributed by atoms with Crippen molar-refractivity contribution in [3.05, 3.63) is 17.7 Å². The molecule has 1 aliphatic heterocycles. The maximum atomic E-state index is 12.4. The first-order valence-corrected chi connectivity index (χ1v) is 7.89. The van der Waals surface area contributed by atoms with E-state index in [1.165, 1.54) is 12.7 Å². The highest BCUT2D eigenvalue weighted by molar-refractivity contribution is 6.04. The van der Waals surface area contributed by atoms with Crippen molar-refractivity contribution in [3.63, 3.8) is 0 Å². The molecule has 1 aromatic rings. The van der Waals surface area contributed by atoms with Crippen molar-refractivity contribution in [1.82, 2.24) is 20.2 Å². The first-order valence-electron chi connectivity index (χ1n) is 7.89. The van der Waals surface area contributed by atoms with Gasteiger partial charge < -0.3 is 15.2 Å². The Labute approximate surface area is 124 Å². The van der Waals surface area contributed by atoms with Gasteiger partial charge in [-0.1, -0.05) is 19.3 Å². The highest BCUT2D eigenvalue weighted by Crippen LogP contribution is 2.18. The second-order valence-corrected chi connectivity index (χ2v) is 5.93. The van der Waals surface area contributed by atoms with Gasteiger partial charge >= 0.3 is 0 Å². The van der Waals surface area contributed by atoms with E-state index in [1.807, 2.05) is 0 Å². The SMILES string of the molecule is O=C(NC1CCCCC1)c1nc[nH]c1C(=O)N1CCCC1. The molecule has 0 spiro atoms. The molecule has 21 heavy (non-hydrogen) atoms. The maximum absolute atomic E-state index is 12.4. The Morgan fingerprint density at radius 1 is 1.14 bits per heavy atom. The first kappa shape index (κ1) is 14.1. The van der Waals surface area contributed by atoms with Crippen LogP contribution >= 0.6 is 0 Å². The van der Waals surface area contributed by atoms with Crippen LogP contribution in [0.25, 0.3) is 0 Å². The number of nitrogens with zero attached hydrogens (tertiary/aromatic N) is 2. The Bertz CT molecular complexity index is 513. The van der Waals surface area contributed by atoms with Crippen LogP contribution in [-0.4, -0.2) is 45.8 Å². The molecular formula is C15H22N4O2. The Balaban J connectivity index is 1.68. The molecule has 2 N–H and O–H groups in total. The van der Waals surface area contributed by atoms with E-state index >= 15 is 0 Å². The monoisotopic (exact) mass is 290 g/mol. The van der Waals surface area contributed by atoms with Gasteiger partial charge in [0, 0.05) is 19.1 Å². The van der Waals surface area contributed by atoms with Gasteiger partial charge in [-0.2, -0.15) is 0 Å². The molecule has 6 heteroatoms. The van der Waals surface area contributed by atoms with Gasteiger partial charge in [-0.15, -0.1) is 0 Å². The minimum absolute atomic E-state index is 0.112. The molecule has 2 heterocycles. The number of hydrogen-bond donors (Lipinski definition) is 2. The third-order valence-electron chi connectivity index (χ3n) is 4.40. The molecule has 6 nitrogen and oxygen atoms in total. The van der Waals surface area contributed by atoms with Crippen LogP contribution in [0, 0.1) is 0 Å². The summed E-state index contributed by atoms with van der Waals surface area (Å²) in [4.78, 5) is 33.4. The summed E-state index contributed by atoms with van der Waals surface area (Å²) < 4.78 is 0. The smallest absolute Gasteiger partial charge is 0.272 e. The minimum atomic E-state index is -0.231. The van der Waals surface area contributed by atoms with E-state index in [0.29, 0.717) is 5.69 Å². The van der Waals surface area contributed by atoms with Crippen LogP contribution in [0.1, 0.15) is 65.9 Å². The number of carbonyl (C=O) groups excluding carboxylic acids is 2. The summed E-state index contributed by atoms with van der Waals surface area (Å²) in [6.45, 7) is 1.53. The number of aromatic nitrogens is 2. The second-order valence-electron chi connectivity index (χ2n) is 5.93. The third kappa shape index (κ3) is 3.09. The summed E-state index contributed by atoms with van der Waals surface area (Å²) in [6.07, 6.45) is 9.09. The number of H-pyrrole nitrogens is 1. The lowest BCUT2D eigenvalue weighted by atomic mass is 9.95. The molecule has 2 amide bonds. The van der Waals surface area contributed by atoms with Crippen molar-refractivity contribution in [2.24, 2.45) is 0 Å². The summed E-state index contributed by atoms with van der Waals surface area (Å²) in [5.74, 6) is -0.343. The lowest BCUT2D eigenvalue weighted by Crippen LogP contribution is -2.38. The van der Waals surface area contributed by atoms with Crippen LogP contribution in [0.2, 0.25) is 0 Å². The predicted molar refractivity (Wildman–Crippen MR) is 78.1 cm³/mol. The van der Waals surface area contributed by atoms with Crippen molar-refractivity contribution < 1.29 is 9.59 Å². The van der Waals surface area contributed by atoms with Gasteiger partial charge in [0.25, 0.3) is 11.8 Å². The van der Waals surface area contributed by atoms with Crippen molar-refractivity contribution >= 4 is 11.8 Å². The summed E-state index contributed by atoms with van der Waals surface area (Å²) >= 11 is 0. The zero-order valence-electron chi connectivity index (χ0n) is 12.2. The standard InChI is InChI=1S/C15H22N4O2/c20-14(18-11-6-2-1-3-7-11)12-13(17-10-16-12)15(21)19-8-4-5-9-19/h10-11H,1-9H2,(H,16,17)(H,18,20). The number of rotatable bonds is 3. The molecule has 1 saturated carbocycles. The third-order valence-corrected chi connectivity index (χ3v) is 4.40. The Kier molecular flexibility index (Phi) is 4.22. The minimum Gasteiger partial charge on any atom is -0.348 e. The molecule has 1 saturated heterocycles. The molecule has 0 unspecified atom stereocenters. The zero-order chi connectivity index (χ0) is 14.7. The van der Waals surface area contributed by atoms with Gasteiger partial charge in [0.05, 0.1) is 6.33 Å². The van der Waals surface area contributed by atoms with E-state index in [4.69, 9.17) is 0 Å². The normalized spacial score (nSPS) is 19.7. The van der Waals surface area contributed by atoms with Crippen LogP contribution in [0.5, 0.6) is 0 Å². The molecule has 0 atom stereocenters. The number of nitrogens with one attached hydrogen (secondary N) is 2. The van der Waals surface area contributed by atoms with Crippen LogP contribution in [0.15, 0.2) is 6.33 Å². The topological polar surface area (TPSA) is 78.1 Å². The van der Waals surface area contributed by atoms with Gasteiger partial charge in [0.1, 0.15) is 5.69 Å². The fourth-order valence-corrected chi connectivity index (χ4v) is 3.21.